The van der Waals surface area contributed by atoms with Crippen molar-refractivity contribution in [1.82, 2.24) is 4.98 Å². The molecule has 1 unspecified atom stereocenters. The number of rotatable bonds is 6. The van der Waals surface area contributed by atoms with Gasteiger partial charge in [-0.05, 0) is 24.6 Å². The van der Waals surface area contributed by atoms with Crippen molar-refractivity contribution in [2.45, 2.75) is 44.8 Å². The number of hydrogen-bond acceptors (Lipinski definition) is 3. The summed E-state index contributed by atoms with van der Waals surface area (Å²) in [4.78, 5) is 18.4. The summed E-state index contributed by atoms with van der Waals surface area (Å²) in [6.45, 7) is 2.16. The Morgan fingerprint density at radius 3 is 2.70 bits per heavy atom. The molecule has 1 N–H and O–H groups in total. The molecule has 2 aromatic rings. The Morgan fingerprint density at radius 1 is 1.13 bits per heavy atom. The maximum absolute atomic E-state index is 12.8. The Hall–Kier alpha value is -2.20. The Labute approximate surface area is 136 Å². The molecule has 1 atom stereocenters. The van der Waals surface area contributed by atoms with Gasteiger partial charge in [0.15, 0.2) is 5.72 Å². The van der Waals surface area contributed by atoms with E-state index in [1.165, 1.54) is 4.90 Å². The van der Waals surface area contributed by atoms with Gasteiger partial charge in [0.25, 0.3) is 5.91 Å². The van der Waals surface area contributed by atoms with Crippen molar-refractivity contribution in [3.63, 3.8) is 0 Å². The van der Waals surface area contributed by atoms with Crippen molar-refractivity contribution < 1.29 is 9.90 Å². The highest BCUT2D eigenvalue weighted by Crippen LogP contribution is 2.43. The van der Waals surface area contributed by atoms with Crippen molar-refractivity contribution in [2.24, 2.45) is 0 Å². The van der Waals surface area contributed by atoms with Gasteiger partial charge in [-0.25, -0.2) is 0 Å². The van der Waals surface area contributed by atoms with Gasteiger partial charge in [0.1, 0.15) is 0 Å². The van der Waals surface area contributed by atoms with Crippen molar-refractivity contribution in [2.75, 3.05) is 4.90 Å². The summed E-state index contributed by atoms with van der Waals surface area (Å²) in [6.07, 6.45) is 8.03. The Morgan fingerprint density at radius 2 is 1.96 bits per heavy atom. The van der Waals surface area contributed by atoms with E-state index < -0.39 is 5.72 Å². The molecule has 2 heterocycles. The quantitative estimate of drug-likeness (QED) is 0.824. The van der Waals surface area contributed by atoms with Gasteiger partial charge in [0, 0.05) is 23.7 Å². The van der Waals surface area contributed by atoms with Crippen LogP contribution in [0.2, 0.25) is 0 Å². The summed E-state index contributed by atoms with van der Waals surface area (Å²) < 4.78 is 0. The maximum Gasteiger partial charge on any atom is 0.261 e. The summed E-state index contributed by atoms with van der Waals surface area (Å²) in [5.41, 5.74) is 0.621. The molecule has 4 heteroatoms. The lowest BCUT2D eigenvalue weighted by Gasteiger charge is -2.34. The number of amides is 1. The van der Waals surface area contributed by atoms with Crippen LogP contribution < -0.4 is 4.90 Å². The zero-order valence-corrected chi connectivity index (χ0v) is 13.4. The van der Waals surface area contributed by atoms with Gasteiger partial charge in [-0.15, -0.1) is 0 Å². The monoisotopic (exact) mass is 310 g/mol. The fourth-order valence-electron chi connectivity index (χ4n) is 3.29. The number of pyridine rings is 1. The second kappa shape index (κ2) is 6.50. The second-order valence-corrected chi connectivity index (χ2v) is 6.02. The minimum atomic E-state index is -1.29. The normalized spacial score (nSPS) is 19.9. The number of nitrogens with zero attached hydrogens (tertiary/aromatic N) is 2. The Kier molecular flexibility index (Phi) is 4.44. The lowest BCUT2D eigenvalue weighted by Crippen LogP contribution is -2.44. The maximum atomic E-state index is 12.8. The molecular weight excluding hydrogens is 288 g/mol. The van der Waals surface area contributed by atoms with Crippen LogP contribution in [0.4, 0.5) is 5.69 Å². The lowest BCUT2D eigenvalue weighted by molar-refractivity contribution is 0.0290. The van der Waals surface area contributed by atoms with Crippen molar-refractivity contribution in [1.29, 1.82) is 0 Å². The van der Waals surface area contributed by atoms with E-state index in [-0.39, 0.29) is 5.91 Å². The summed E-state index contributed by atoms with van der Waals surface area (Å²) in [5, 5.41) is 11.4. The largest absolute Gasteiger partial charge is 0.366 e. The van der Waals surface area contributed by atoms with Crippen LogP contribution in [-0.4, -0.2) is 16.0 Å². The molecule has 1 aromatic heterocycles. The third kappa shape index (κ3) is 2.75. The van der Waals surface area contributed by atoms with E-state index >= 15 is 0 Å². The van der Waals surface area contributed by atoms with Gasteiger partial charge >= 0.3 is 0 Å². The first-order chi connectivity index (χ1) is 11.2. The van der Waals surface area contributed by atoms with Gasteiger partial charge in [-0.3, -0.25) is 14.7 Å². The predicted molar refractivity (Wildman–Crippen MR) is 90.1 cm³/mol. The predicted octanol–water partition coefficient (Wildman–Crippen LogP) is 3.86. The van der Waals surface area contributed by atoms with Crippen molar-refractivity contribution >= 4 is 11.6 Å². The van der Waals surface area contributed by atoms with Gasteiger partial charge in [-0.1, -0.05) is 44.4 Å². The average Bonchev–Trinajstić information content (AvgIpc) is 2.81. The number of carbonyl (C=O) groups excluding carboxylic acids is 1. The van der Waals surface area contributed by atoms with E-state index in [9.17, 15) is 9.90 Å². The molecule has 0 spiro atoms. The average molecular weight is 310 g/mol. The second-order valence-electron chi connectivity index (χ2n) is 6.02. The molecule has 1 aliphatic rings. The van der Waals surface area contributed by atoms with E-state index in [2.05, 4.69) is 11.9 Å². The molecule has 1 amide bonds. The smallest absolute Gasteiger partial charge is 0.261 e. The van der Waals surface area contributed by atoms with E-state index in [1.807, 2.05) is 24.3 Å². The zero-order valence-electron chi connectivity index (χ0n) is 13.4. The minimum Gasteiger partial charge on any atom is -0.366 e. The van der Waals surface area contributed by atoms with E-state index in [0.29, 0.717) is 23.2 Å². The van der Waals surface area contributed by atoms with Crippen LogP contribution in [-0.2, 0) is 5.72 Å². The molecule has 0 saturated heterocycles. The highest BCUT2D eigenvalue weighted by Gasteiger charge is 2.48. The van der Waals surface area contributed by atoms with Crippen LogP contribution in [0.15, 0.2) is 48.8 Å². The SMILES string of the molecule is CCCCCCC1(O)c2ccccc2C(=O)N1c1cccnc1. The number of aliphatic hydroxyl groups is 1. The molecule has 0 bridgehead atoms. The molecule has 0 fully saturated rings. The number of aromatic nitrogens is 1. The first kappa shape index (κ1) is 15.7. The van der Waals surface area contributed by atoms with Crippen LogP contribution in [0.3, 0.4) is 0 Å². The standard InChI is InChI=1S/C19H22N2O2/c1-2-3-4-7-12-19(23)17-11-6-5-10-16(17)18(22)21(19)15-9-8-13-20-14-15/h5-6,8-11,13-14,23H,2-4,7,12H2,1H3. The molecule has 1 aliphatic heterocycles. The van der Waals surface area contributed by atoms with Crippen LogP contribution >= 0.6 is 0 Å². The van der Waals surface area contributed by atoms with Crippen molar-refractivity contribution in [3.05, 3.63) is 59.9 Å². The first-order valence-corrected chi connectivity index (χ1v) is 8.25. The third-order valence-corrected chi connectivity index (χ3v) is 4.44. The number of anilines is 1. The van der Waals surface area contributed by atoms with Gasteiger partial charge < -0.3 is 5.11 Å². The molecule has 4 nitrogen and oxygen atoms in total. The van der Waals surface area contributed by atoms with E-state index in [4.69, 9.17) is 0 Å². The summed E-state index contributed by atoms with van der Waals surface area (Å²) >= 11 is 0. The van der Waals surface area contributed by atoms with E-state index in [0.717, 1.165) is 25.7 Å². The number of carbonyl (C=O) groups is 1. The summed E-state index contributed by atoms with van der Waals surface area (Å²) in [6, 6.07) is 10.9. The molecule has 23 heavy (non-hydrogen) atoms. The molecule has 0 radical (unpaired) electrons. The molecule has 1 aromatic carbocycles. The topological polar surface area (TPSA) is 53.4 Å². The number of fused-ring (bicyclic) bond motifs is 1. The highest BCUT2D eigenvalue weighted by atomic mass is 16.3. The number of benzene rings is 1. The Balaban J connectivity index is 1.98. The third-order valence-electron chi connectivity index (χ3n) is 4.44. The fraction of sp³-hybridized carbons (Fsp3) is 0.368. The summed E-state index contributed by atoms with van der Waals surface area (Å²) in [7, 11) is 0. The van der Waals surface area contributed by atoms with Crippen molar-refractivity contribution in [3.8, 4) is 0 Å². The van der Waals surface area contributed by atoms with Gasteiger partial charge in [0.05, 0.1) is 11.9 Å². The molecule has 120 valence electrons. The van der Waals surface area contributed by atoms with Crippen LogP contribution in [0, 0.1) is 0 Å². The van der Waals surface area contributed by atoms with Crippen LogP contribution in [0.25, 0.3) is 0 Å². The highest BCUT2D eigenvalue weighted by molar-refractivity contribution is 6.11. The molecule has 0 saturated carbocycles. The lowest BCUT2D eigenvalue weighted by atomic mass is 9.95. The van der Waals surface area contributed by atoms with Crippen LogP contribution in [0.5, 0.6) is 0 Å². The van der Waals surface area contributed by atoms with Gasteiger partial charge in [-0.2, -0.15) is 0 Å². The summed E-state index contributed by atoms with van der Waals surface area (Å²) in [5.74, 6) is -0.161. The fourth-order valence-corrected chi connectivity index (χ4v) is 3.29. The molecule has 0 aliphatic carbocycles. The molecular formula is C19H22N2O2. The van der Waals surface area contributed by atoms with E-state index in [1.54, 1.807) is 24.5 Å². The number of unbranched alkanes of at least 4 members (excludes halogenated alkanes) is 3. The minimum absolute atomic E-state index is 0.161. The Bertz CT molecular complexity index is 687. The first-order valence-electron chi connectivity index (χ1n) is 8.25. The molecule has 3 rings (SSSR count). The zero-order chi connectivity index (χ0) is 16.3. The number of hydrogen-bond donors (Lipinski definition) is 1. The van der Waals surface area contributed by atoms with Crippen LogP contribution in [0.1, 0.15) is 54.9 Å². The van der Waals surface area contributed by atoms with Gasteiger partial charge in [0.2, 0.25) is 0 Å².